The minimum Gasteiger partial charge on any atom is -0.339 e. The van der Waals surface area contributed by atoms with E-state index in [1.807, 2.05) is 9.80 Å². The molecular formula is C15H28N4O2. The van der Waals surface area contributed by atoms with Crippen molar-refractivity contribution in [2.24, 2.45) is 5.41 Å². The zero-order valence-corrected chi connectivity index (χ0v) is 13.8. The minimum absolute atomic E-state index is 0.0282. The molecule has 0 aromatic heterocycles. The van der Waals surface area contributed by atoms with Gasteiger partial charge in [-0.1, -0.05) is 0 Å². The maximum Gasteiger partial charge on any atom is 0.237 e. The molecule has 0 bridgehead atoms. The molecule has 2 fully saturated rings. The number of likely N-dealkylation sites (N-methyl/N-ethyl adjacent to an activating group) is 2. The van der Waals surface area contributed by atoms with Crippen LogP contribution in [0.3, 0.4) is 0 Å². The molecule has 120 valence electrons. The summed E-state index contributed by atoms with van der Waals surface area (Å²) in [6.45, 7) is 9.93. The van der Waals surface area contributed by atoms with Crippen LogP contribution in [0.25, 0.3) is 0 Å². The Bertz CT molecular complexity index is 358. The van der Waals surface area contributed by atoms with Crippen molar-refractivity contribution in [2.75, 3.05) is 66.5 Å². The first-order valence-corrected chi connectivity index (χ1v) is 7.78. The molecule has 6 nitrogen and oxygen atoms in total. The molecule has 0 aromatic rings. The highest BCUT2D eigenvalue weighted by atomic mass is 16.2. The van der Waals surface area contributed by atoms with Crippen LogP contribution in [0.1, 0.15) is 13.8 Å². The molecule has 2 saturated heterocycles. The highest BCUT2D eigenvalue weighted by Crippen LogP contribution is 2.24. The predicted octanol–water partition coefficient (Wildman–Crippen LogP) is -0.439. The molecule has 2 rings (SSSR count). The van der Waals surface area contributed by atoms with Crippen LogP contribution in [0.4, 0.5) is 0 Å². The Hall–Kier alpha value is -1.14. The van der Waals surface area contributed by atoms with Crippen molar-refractivity contribution >= 4 is 11.8 Å². The maximum atomic E-state index is 12.7. The highest BCUT2D eigenvalue weighted by Gasteiger charge is 2.42. The van der Waals surface area contributed by atoms with Crippen LogP contribution in [0, 0.1) is 5.41 Å². The molecule has 21 heavy (non-hydrogen) atoms. The van der Waals surface area contributed by atoms with Crippen molar-refractivity contribution in [3.63, 3.8) is 0 Å². The van der Waals surface area contributed by atoms with Gasteiger partial charge in [-0.3, -0.25) is 9.59 Å². The molecule has 0 radical (unpaired) electrons. The fraction of sp³-hybridized carbons (Fsp3) is 0.867. The number of hydrogen-bond donors (Lipinski definition) is 0. The second-order valence-electron chi connectivity index (χ2n) is 6.82. The van der Waals surface area contributed by atoms with E-state index in [4.69, 9.17) is 0 Å². The van der Waals surface area contributed by atoms with E-state index in [1.165, 1.54) is 0 Å². The van der Waals surface area contributed by atoms with Gasteiger partial charge >= 0.3 is 0 Å². The molecular weight excluding hydrogens is 268 g/mol. The van der Waals surface area contributed by atoms with Crippen molar-refractivity contribution in [1.82, 2.24) is 19.6 Å². The zero-order chi connectivity index (χ0) is 15.6. The number of hydrogen-bond acceptors (Lipinski definition) is 4. The molecule has 0 saturated carbocycles. The number of nitrogens with zero attached hydrogens (tertiary/aromatic N) is 4. The summed E-state index contributed by atoms with van der Waals surface area (Å²) in [5.41, 5.74) is -0.953. The molecule has 0 aliphatic carbocycles. The molecule has 0 aromatic carbocycles. The lowest BCUT2D eigenvalue weighted by molar-refractivity contribution is -0.156. The quantitative estimate of drug-likeness (QED) is 0.648. The minimum atomic E-state index is -0.953. The predicted molar refractivity (Wildman–Crippen MR) is 81.9 cm³/mol. The standard InChI is InChI=1S/C15H28N4O2/c1-15(2,13(20)18-9-5-16(3)6-10-18)14(21)19-11-7-17(4)8-12-19/h5-12H2,1-4H3. The Balaban J connectivity index is 1.99. The smallest absolute Gasteiger partial charge is 0.237 e. The lowest BCUT2D eigenvalue weighted by Crippen LogP contribution is -2.57. The van der Waals surface area contributed by atoms with Crippen molar-refractivity contribution in [2.45, 2.75) is 13.8 Å². The lowest BCUT2D eigenvalue weighted by atomic mass is 9.89. The van der Waals surface area contributed by atoms with Crippen molar-refractivity contribution < 1.29 is 9.59 Å². The van der Waals surface area contributed by atoms with Gasteiger partial charge in [0.2, 0.25) is 11.8 Å². The van der Waals surface area contributed by atoms with Crippen LogP contribution in [0.15, 0.2) is 0 Å². The molecule has 0 spiro atoms. The zero-order valence-electron chi connectivity index (χ0n) is 13.8. The maximum absolute atomic E-state index is 12.7. The summed E-state index contributed by atoms with van der Waals surface area (Å²) in [6.07, 6.45) is 0. The largest absolute Gasteiger partial charge is 0.339 e. The fourth-order valence-corrected chi connectivity index (χ4v) is 2.90. The van der Waals surface area contributed by atoms with E-state index in [0.717, 1.165) is 52.4 Å². The summed E-state index contributed by atoms with van der Waals surface area (Å²) in [6, 6.07) is 0. The van der Waals surface area contributed by atoms with Gasteiger partial charge in [0.1, 0.15) is 5.41 Å². The van der Waals surface area contributed by atoms with E-state index < -0.39 is 5.41 Å². The summed E-state index contributed by atoms with van der Waals surface area (Å²) in [5.74, 6) is -0.0564. The van der Waals surface area contributed by atoms with Crippen LogP contribution in [-0.2, 0) is 9.59 Å². The topological polar surface area (TPSA) is 47.1 Å². The number of carbonyl (C=O) groups excluding carboxylic acids is 2. The molecule has 2 amide bonds. The third-order valence-electron chi connectivity index (χ3n) is 4.65. The molecule has 0 unspecified atom stereocenters. The number of rotatable bonds is 2. The SMILES string of the molecule is CN1CCN(C(=O)C(C)(C)C(=O)N2CCN(C)CC2)CC1. The van der Waals surface area contributed by atoms with Crippen LogP contribution in [0.2, 0.25) is 0 Å². The van der Waals surface area contributed by atoms with Gasteiger partial charge in [-0.05, 0) is 27.9 Å². The first-order valence-electron chi connectivity index (χ1n) is 7.78. The van der Waals surface area contributed by atoms with E-state index in [1.54, 1.807) is 13.8 Å². The fourth-order valence-electron chi connectivity index (χ4n) is 2.90. The van der Waals surface area contributed by atoms with E-state index in [-0.39, 0.29) is 11.8 Å². The molecule has 2 heterocycles. The van der Waals surface area contributed by atoms with Gasteiger partial charge < -0.3 is 19.6 Å². The molecule has 2 aliphatic rings. The molecule has 0 N–H and O–H groups in total. The second-order valence-corrected chi connectivity index (χ2v) is 6.82. The van der Waals surface area contributed by atoms with Gasteiger partial charge in [0, 0.05) is 52.4 Å². The van der Waals surface area contributed by atoms with Crippen molar-refractivity contribution in [3.05, 3.63) is 0 Å². The van der Waals surface area contributed by atoms with E-state index in [9.17, 15) is 9.59 Å². The Labute approximate surface area is 127 Å². The van der Waals surface area contributed by atoms with E-state index in [0.29, 0.717) is 0 Å². The van der Waals surface area contributed by atoms with E-state index >= 15 is 0 Å². The summed E-state index contributed by atoms with van der Waals surface area (Å²) in [4.78, 5) is 33.5. The molecule has 0 atom stereocenters. The molecule has 2 aliphatic heterocycles. The van der Waals surface area contributed by atoms with Crippen molar-refractivity contribution in [1.29, 1.82) is 0 Å². The summed E-state index contributed by atoms with van der Waals surface area (Å²) < 4.78 is 0. The number of piperazine rings is 2. The average Bonchev–Trinajstić information content (AvgIpc) is 2.47. The normalized spacial score (nSPS) is 22.5. The third kappa shape index (κ3) is 3.55. The Morgan fingerprint density at radius 3 is 1.24 bits per heavy atom. The van der Waals surface area contributed by atoms with Crippen LogP contribution < -0.4 is 0 Å². The van der Waals surface area contributed by atoms with Gasteiger partial charge in [0.25, 0.3) is 0 Å². The third-order valence-corrected chi connectivity index (χ3v) is 4.65. The molecule has 6 heteroatoms. The Morgan fingerprint density at radius 2 is 0.952 bits per heavy atom. The van der Waals surface area contributed by atoms with Gasteiger partial charge in [-0.15, -0.1) is 0 Å². The first kappa shape index (κ1) is 16.2. The first-order chi connectivity index (χ1) is 9.82. The van der Waals surface area contributed by atoms with Gasteiger partial charge in [-0.25, -0.2) is 0 Å². The van der Waals surface area contributed by atoms with Crippen LogP contribution >= 0.6 is 0 Å². The summed E-state index contributed by atoms with van der Waals surface area (Å²) >= 11 is 0. The summed E-state index contributed by atoms with van der Waals surface area (Å²) in [7, 11) is 4.12. The van der Waals surface area contributed by atoms with Crippen molar-refractivity contribution in [3.8, 4) is 0 Å². The average molecular weight is 296 g/mol. The van der Waals surface area contributed by atoms with Gasteiger partial charge in [0.15, 0.2) is 0 Å². The lowest BCUT2D eigenvalue weighted by Gasteiger charge is -2.40. The number of amides is 2. The van der Waals surface area contributed by atoms with E-state index in [2.05, 4.69) is 23.9 Å². The summed E-state index contributed by atoms with van der Waals surface area (Å²) in [5, 5.41) is 0. The monoisotopic (exact) mass is 296 g/mol. The Kier molecular flexibility index (Phi) is 4.88. The van der Waals surface area contributed by atoms with Crippen LogP contribution in [0.5, 0.6) is 0 Å². The van der Waals surface area contributed by atoms with Crippen LogP contribution in [-0.4, -0.2) is 97.9 Å². The highest BCUT2D eigenvalue weighted by molar-refractivity contribution is 6.04. The Morgan fingerprint density at radius 1 is 0.667 bits per heavy atom. The second kappa shape index (κ2) is 6.32. The van der Waals surface area contributed by atoms with Gasteiger partial charge in [-0.2, -0.15) is 0 Å². The van der Waals surface area contributed by atoms with Gasteiger partial charge in [0.05, 0.1) is 0 Å². The number of carbonyl (C=O) groups is 2.